The summed E-state index contributed by atoms with van der Waals surface area (Å²) in [6.45, 7) is 0.306. The number of hydrogen-bond donors (Lipinski definition) is 3. The highest BCUT2D eigenvalue weighted by Gasteiger charge is 2.10. The van der Waals surface area contributed by atoms with Crippen molar-refractivity contribution < 1.29 is 14.6 Å². The summed E-state index contributed by atoms with van der Waals surface area (Å²) < 4.78 is 5.59. The molecular formula is C15H16N2O3. The number of anilines is 1. The average molecular weight is 272 g/mol. The van der Waals surface area contributed by atoms with Crippen molar-refractivity contribution in [2.24, 2.45) is 5.73 Å². The molecular weight excluding hydrogens is 256 g/mol. The van der Waals surface area contributed by atoms with Gasteiger partial charge in [0.25, 0.3) is 5.91 Å². The molecule has 2 rings (SSSR count). The van der Waals surface area contributed by atoms with Gasteiger partial charge >= 0.3 is 0 Å². The van der Waals surface area contributed by atoms with Crippen LogP contribution in [0.25, 0.3) is 0 Å². The number of benzene rings is 2. The van der Waals surface area contributed by atoms with Crippen molar-refractivity contribution >= 4 is 11.6 Å². The van der Waals surface area contributed by atoms with Crippen LogP contribution in [0.2, 0.25) is 0 Å². The van der Waals surface area contributed by atoms with Crippen molar-refractivity contribution in [2.75, 3.05) is 5.73 Å². The molecule has 5 N–H and O–H groups in total. The minimum Gasteiger partial charge on any atom is -0.488 e. The smallest absolute Gasteiger partial charge is 0.252 e. The van der Waals surface area contributed by atoms with Crippen LogP contribution in [0.1, 0.15) is 21.5 Å². The Kier molecular flexibility index (Phi) is 4.22. The summed E-state index contributed by atoms with van der Waals surface area (Å²) in [7, 11) is 0. The maximum atomic E-state index is 11.3. The lowest BCUT2D eigenvalue weighted by Crippen LogP contribution is -2.13. The Bertz CT molecular complexity index is 609. The zero-order chi connectivity index (χ0) is 14.5. The van der Waals surface area contributed by atoms with E-state index in [2.05, 4.69) is 0 Å². The van der Waals surface area contributed by atoms with Crippen molar-refractivity contribution in [3.05, 3.63) is 59.2 Å². The van der Waals surface area contributed by atoms with E-state index in [0.29, 0.717) is 18.0 Å². The van der Waals surface area contributed by atoms with Gasteiger partial charge in [-0.25, -0.2) is 0 Å². The highest BCUT2D eigenvalue weighted by molar-refractivity contribution is 5.96. The number of hydrogen-bond acceptors (Lipinski definition) is 4. The highest BCUT2D eigenvalue weighted by atomic mass is 16.5. The first-order chi connectivity index (χ1) is 9.60. The van der Waals surface area contributed by atoms with Crippen LogP contribution in [-0.2, 0) is 13.2 Å². The first-order valence-corrected chi connectivity index (χ1v) is 6.11. The van der Waals surface area contributed by atoms with Crippen molar-refractivity contribution in [1.29, 1.82) is 0 Å². The summed E-state index contributed by atoms with van der Waals surface area (Å²) in [6, 6.07) is 12.1. The van der Waals surface area contributed by atoms with E-state index in [4.69, 9.17) is 21.3 Å². The third-order valence-corrected chi connectivity index (χ3v) is 2.87. The van der Waals surface area contributed by atoms with Gasteiger partial charge in [-0.3, -0.25) is 4.79 Å². The van der Waals surface area contributed by atoms with Gasteiger partial charge in [0, 0.05) is 5.69 Å². The van der Waals surface area contributed by atoms with Gasteiger partial charge in [-0.1, -0.05) is 24.3 Å². The molecule has 0 bridgehead atoms. The maximum Gasteiger partial charge on any atom is 0.252 e. The van der Waals surface area contributed by atoms with Gasteiger partial charge in [0.2, 0.25) is 0 Å². The topological polar surface area (TPSA) is 98.6 Å². The van der Waals surface area contributed by atoms with E-state index >= 15 is 0 Å². The molecule has 0 aliphatic rings. The highest BCUT2D eigenvalue weighted by Crippen LogP contribution is 2.22. The molecule has 0 heterocycles. The van der Waals surface area contributed by atoms with Crippen LogP contribution in [0, 0.1) is 0 Å². The van der Waals surface area contributed by atoms with Gasteiger partial charge in [-0.2, -0.15) is 0 Å². The van der Waals surface area contributed by atoms with E-state index in [1.165, 1.54) is 6.07 Å². The Morgan fingerprint density at radius 3 is 2.35 bits per heavy atom. The molecule has 0 saturated heterocycles. The summed E-state index contributed by atoms with van der Waals surface area (Å²) >= 11 is 0. The molecule has 0 unspecified atom stereocenters. The number of rotatable bonds is 5. The second-order valence-electron chi connectivity index (χ2n) is 4.38. The third-order valence-electron chi connectivity index (χ3n) is 2.87. The lowest BCUT2D eigenvalue weighted by atomic mass is 10.1. The quantitative estimate of drug-likeness (QED) is 0.717. The van der Waals surface area contributed by atoms with E-state index in [-0.39, 0.29) is 12.2 Å². The fraction of sp³-hybridized carbons (Fsp3) is 0.133. The van der Waals surface area contributed by atoms with Crippen LogP contribution in [0.4, 0.5) is 5.69 Å². The van der Waals surface area contributed by atoms with Crippen molar-refractivity contribution in [3.63, 3.8) is 0 Å². The molecule has 5 heteroatoms. The van der Waals surface area contributed by atoms with E-state index in [9.17, 15) is 4.79 Å². The largest absolute Gasteiger partial charge is 0.488 e. The molecule has 2 aromatic rings. The third kappa shape index (κ3) is 3.27. The lowest BCUT2D eigenvalue weighted by Gasteiger charge is -2.10. The van der Waals surface area contributed by atoms with Crippen LogP contribution < -0.4 is 16.2 Å². The number of nitrogen functional groups attached to an aromatic ring is 1. The minimum absolute atomic E-state index is 0.00488. The molecule has 0 atom stereocenters. The molecule has 20 heavy (non-hydrogen) atoms. The summed E-state index contributed by atoms with van der Waals surface area (Å²) in [5.74, 6) is -0.180. The maximum absolute atomic E-state index is 11.3. The standard InChI is InChI=1S/C15H16N2O3/c16-12-5-6-14(13(7-12)15(17)19)20-9-11-3-1-10(8-18)2-4-11/h1-7,18H,8-9,16H2,(H2,17,19). The number of amides is 1. The Hall–Kier alpha value is -2.53. The molecule has 1 amide bonds. The zero-order valence-electron chi connectivity index (χ0n) is 10.9. The molecule has 104 valence electrons. The Morgan fingerprint density at radius 1 is 1.10 bits per heavy atom. The van der Waals surface area contributed by atoms with Gasteiger partial charge in [0.05, 0.1) is 12.2 Å². The van der Waals surface area contributed by atoms with Crippen molar-refractivity contribution in [3.8, 4) is 5.75 Å². The van der Waals surface area contributed by atoms with Gasteiger partial charge in [-0.15, -0.1) is 0 Å². The fourth-order valence-electron chi connectivity index (χ4n) is 1.77. The minimum atomic E-state index is -0.581. The molecule has 2 aromatic carbocycles. The molecule has 0 radical (unpaired) electrons. The fourth-order valence-corrected chi connectivity index (χ4v) is 1.77. The average Bonchev–Trinajstić information content (AvgIpc) is 2.46. The summed E-state index contributed by atoms with van der Waals surface area (Å²) in [4.78, 5) is 11.3. The zero-order valence-corrected chi connectivity index (χ0v) is 10.9. The van der Waals surface area contributed by atoms with Gasteiger partial charge in [0.15, 0.2) is 0 Å². The number of carbonyl (C=O) groups is 1. The van der Waals surface area contributed by atoms with Gasteiger partial charge in [-0.05, 0) is 29.3 Å². The molecule has 0 aliphatic carbocycles. The predicted octanol–water partition coefficient (Wildman–Crippen LogP) is 1.44. The number of ether oxygens (including phenoxy) is 1. The second kappa shape index (κ2) is 6.08. The number of aliphatic hydroxyl groups is 1. The first-order valence-electron chi connectivity index (χ1n) is 6.11. The molecule has 0 spiro atoms. The molecule has 5 nitrogen and oxygen atoms in total. The number of primary amides is 1. The summed E-state index contributed by atoms with van der Waals surface area (Å²) in [6.07, 6.45) is 0. The summed E-state index contributed by atoms with van der Waals surface area (Å²) in [5.41, 5.74) is 13.4. The SMILES string of the molecule is NC(=O)c1cc(N)ccc1OCc1ccc(CO)cc1. The van der Waals surface area contributed by atoms with Crippen LogP contribution >= 0.6 is 0 Å². The van der Waals surface area contributed by atoms with Crippen LogP contribution in [0.5, 0.6) is 5.75 Å². The van der Waals surface area contributed by atoms with Crippen LogP contribution in [0.3, 0.4) is 0 Å². The van der Waals surface area contributed by atoms with Gasteiger partial charge < -0.3 is 21.3 Å². The van der Waals surface area contributed by atoms with Crippen molar-refractivity contribution in [1.82, 2.24) is 0 Å². The Labute approximate surface area is 116 Å². The first kappa shape index (κ1) is 13.9. The number of nitrogens with two attached hydrogens (primary N) is 2. The second-order valence-corrected chi connectivity index (χ2v) is 4.38. The predicted molar refractivity (Wildman–Crippen MR) is 76.1 cm³/mol. The Balaban J connectivity index is 2.12. The summed E-state index contributed by atoms with van der Waals surface area (Å²) in [5, 5.41) is 8.97. The normalized spacial score (nSPS) is 10.2. The lowest BCUT2D eigenvalue weighted by molar-refractivity contribution is 0.0996. The molecule has 0 aliphatic heterocycles. The number of carbonyl (C=O) groups excluding carboxylic acids is 1. The monoisotopic (exact) mass is 272 g/mol. The van der Waals surface area contributed by atoms with Crippen molar-refractivity contribution in [2.45, 2.75) is 13.2 Å². The van der Waals surface area contributed by atoms with Gasteiger partial charge in [0.1, 0.15) is 12.4 Å². The van der Waals surface area contributed by atoms with E-state index < -0.39 is 5.91 Å². The van der Waals surface area contributed by atoms with E-state index in [1.807, 2.05) is 24.3 Å². The van der Waals surface area contributed by atoms with Crippen LogP contribution in [-0.4, -0.2) is 11.0 Å². The molecule has 0 saturated carbocycles. The van der Waals surface area contributed by atoms with E-state index in [1.54, 1.807) is 12.1 Å². The van der Waals surface area contributed by atoms with Crippen LogP contribution in [0.15, 0.2) is 42.5 Å². The number of aliphatic hydroxyl groups excluding tert-OH is 1. The molecule has 0 fully saturated rings. The Morgan fingerprint density at radius 2 is 1.75 bits per heavy atom. The van der Waals surface area contributed by atoms with E-state index in [0.717, 1.165) is 11.1 Å². The molecule has 0 aromatic heterocycles.